The molecular weight excluding hydrogens is 314 g/mol. The summed E-state index contributed by atoms with van der Waals surface area (Å²) in [4.78, 5) is 24.0. The number of carbonyl (C=O) groups is 2. The van der Waals surface area contributed by atoms with Gasteiger partial charge in [0.05, 0.1) is 4.34 Å². The Bertz CT molecular complexity index is 662. The summed E-state index contributed by atoms with van der Waals surface area (Å²) in [6.45, 7) is 2.20. The second-order valence-electron chi connectivity index (χ2n) is 4.32. The second kappa shape index (κ2) is 6.78. The first-order valence-electron chi connectivity index (χ1n) is 6.39. The molecule has 0 bridgehead atoms. The minimum Gasteiger partial charge on any atom is -0.478 e. The number of thiophene rings is 1. The highest BCUT2D eigenvalue weighted by Crippen LogP contribution is 2.21. The van der Waals surface area contributed by atoms with Gasteiger partial charge in [0.25, 0.3) is 5.91 Å². The van der Waals surface area contributed by atoms with E-state index in [9.17, 15) is 9.59 Å². The van der Waals surface area contributed by atoms with Gasteiger partial charge in [-0.05, 0) is 18.6 Å². The zero-order chi connectivity index (χ0) is 15.4. The number of hydrogen-bond acceptors (Lipinski definition) is 4. The Morgan fingerprint density at radius 1 is 1.43 bits per heavy atom. The van der Waals surface area contributed by atoms with Crippen LogP contribution in [0.3, 0.4) is 0 Å². The summed E-state index contributed by atoms with van der Waals surface area (Å²) >= 11 is 7.29. The standard InChI is InChI=1S/C14H14ClNO4S/c1-2-10-9(14(18)19)7-11(20-10)13(17)16-6-5-8-3-4-12(15)21-8/h3-4,7H,2,5-6H2,1H3,(H,16,17)(H,18,19). The topological polar surface area (TPSA) is 79.5 Å². The van der Waals surface area contributed by atoms with E-state index >= 15 is 0 Å². The third kappa shape index (κ3) is 3.86. The van der Waals surface area contributed by atoms with Gasteiger partial charge in [0.1, 0.15) is 11.3 Å². The van der Waals surface area contributed by atoms with Gasteiger partial charge in [-0.3, -0.25) is 4.79 Å². The quantitative estimate of drug-likeness (QED) is 0.853. The number of carboxylic acids is 1. The van der Waals surface area contributed by atoms with E-state index in [0.29, 0.717) is 29.5 Å². The van der Waals surface area contributed by atoms with E-state index < -0.39 is 11.9 Å². The van der Waals surface area contributed by atoms with Crippen LogP contribution in [0.1, 0.15) is 38.5 Å². The normalized spacial score (nSPS) is 10.6. The van der Waals surface area contributed by atoms with Crippen LogP contribution in [-0.2, 0) is 12.8 Å². The molecule has 0 unspecified atom stereocenters. The molecule has 5 nitrogen and oxygen atoms in total. The number of carbonyl (C=O) groups excluding carboxylic acids is 1. The summed E-state index contributed by atoms with van der Waals surface area (Å²) in [6, 6.07) is 4.98. The van der Waals surface area contributed by atoms with Crippen LogP contribution in [0.4, 0.5) is 0 Å². The predicted octanol–water partition coefficient (Wildman–Crippen LogP) is 3.23. The fourth-order valence-corrected chi connectivity index (χ4v) is 2.94. The van der Waals surface area contributed by atoms with Gasteiger partial charge in [0, 0.05) is 23.9 Å². The molecule has 21 heavy (non-hydrogen) atoms. The molecule has 0 spiro atoms. The Hall–Kier alpha value is -1.79. The van der Waals surface area contributed by atoms with E-state index in [0.717, 1.165) is 4.88 Å². The third-order valence-electron chi connectivity index (χ3n) is 2.87. The smallest absolute Gasteiger partial charge is 0.339 e. The molecule has 0 radical (unpaired) electrons. The maximum atomic E-state index is 11.9. The van der Waals surface area contributed by atoms with Crippen molar-refractivity contribution in [1.82, 2.24) is 5.32 Å². The average molecular weight is 328 g/mol. The molecule has 2 N–H and O–H groups in total. The Morgan fingerprint density at radius 2 is 2.19 bits per heavy atom. The van der Waals surface area contributed by atoms with Crippen LogP contribution in [0.15, 0.2) is 22.6 Å². The van der Waals surface area contributed by atoms with E-state index in [2.05, 4.69) is 5.32 Å². The number of aromatic carboxylic acids is 1. The van der Waals surface area contributed by atoms with Crippen molar-refractivity contribution >= 4 is 34.8 Å². The van der Waals surface area contributed by atoms with Crippen molar-refractivity contribution in [3.63, 3.8) is 0 Å². The van der Waals surface area contributed by atoms with Gasteiger partial charge in [0.15, 0.2) is 5.76 Å². The second-order valence-corrected chi connectivity index (χ2v) is 6.12. The molecule has 0 saturated carbocycles. The van der Waals surface area contributed by atoms with Crippen molar-refractivity contribution in [2.24, 2.45) is 0 Å². The Kier molecular flexibility index (Phi) is 5.03. The van der Waals surface area contributed by atoms with Crippen molar-refractivity contribution in [1.29, 1.82) is 0 Å². The first-order valence-corrected chi connectivity index (χ1v) is 7.59. The molecule has 7 heteroatoms. The highest BCUT2D eigenvalue weighted by atomic mass is 35.5. The van der Waals surface area contributed by atoms with Crippen LogP contribution in [0.2, 0.25) is 4.34 Å². The molecule has 0 atom stereocenters. The first kappa shape index (κ1) is 15.6. The monoisotopic (exact) mass is 327 g/mol. The number of carboxylic acid groups (broad SMARTS) is 1. The SMILES string of the molecule is CCc1oc(C(=O)NCCc2ccc(Cl)s2)cc1C(=O)O. The molecule has 2 heterocycles. The fraction of sp³-hybridized carbons (Fsp3) is 0.286. The van der Waals surface area contributed by atoms with Gasteiger partial charge in [-0.15, -0.1) is 11.3 Å². The summed E-state index contributed by atoms with van der Waals surface area (Å²) in [5.74, 6) is -1.19. The number of aryl methyl sites for hydroxylation is 1. The Balaban J connectivity index is 1.95. The number of halogens is 1. The first-order chi connectivity index (χ1) is 10.0. The van der Waals surface area contributed by atoms with E-state index in [1.807, 2.05) is 12.1 Å². The number of hydrogen-bond donors (Lipinski definition) is 2. The van der Waals surface area contributed by atoms with Crippen LogP contribution >= 0.6 is 22.9 Å². The Labute approximate surface area is 130 Å². The lowest BCUT2D eigenvalue weighted by Gasteiger charge is -2.01. The summed E-state index contributed by atoms with van der Waals surface area (Å²) in [7, 11) is 0. The molecule has 0 aromatic carbocycles. The molecule has 0 aliphatic heterocycles. The van der Waals surface area contributed by atoms with Crippen molar-refractivity contribution in [3.05, 3.63) is 44.5 Å². The molecule has 2 aromatic heterocycles. The van der Waals surface area contributed by atoms with E-state index in [-0.39, 0.29) is 11.3 Å². The Morgan fingerprint density at radius 3 is 2.71 bits per heavy atom. The maximum Gasteiger partial charge on any atom is 0.339 e. The van der Waals surface area contributed by atoms with Crippen LogP contribution < -0.4 is 5.32 Å². The van der Waals surface area contributed by atoms with Gasteiger partial charge in [-0.2, -0.15) is 0 Å². The zero-order valence-corrected chi connectivity index (χ0v) is 12.9. The highest BCUT2D eigenvalue weighted by Gasteiger charge is 2.19. The lowest BCUT2D eigenvalue weighted by atomic mass is 10.2. The molecule has 0 aliphatic rings. The van der Waals surface area contributed by atoms with E-state index in [4.69, 9.17) is 21.1 Å². The molecule has 0 saturated heterocycles. The summed E-state index contributed by atoms with van der Waals surface area (Å²) in [5, 5.41) is 11.7. The van der Waals surface area contributed by atoms with E-state index in [1.54, 1.807) is 6.92 Å². The van der Waals surface area contributed by atoms with Crippen molar-refractivity contribution < 1.29 is 19.1 Å². The molecular formula is C14H14ClNO4S. The van der Waals surface area contributed by atoms with Gasteiger partial charge in [-0.1, -0.05) is 18.5 Å². The van der Waals surface area contributed by atoms with E-state index in [1.165, 1.54) is 17.4 Å². The van der Waals surface area contributed by atoms with Gasteiger partial charge >= 0.3 is 5.97 Å². The molecule has 0 aliphatic carbocycles. The fourth-order valence-electron chi connectivity index (χ4n) is 1.86. The average Bonchev–Trinajstić information content (AvgIpc) is 3.04. The van der Waals surface area contributed by atoms with Crippen LogP contribution in [0.25, 0.3) is 0 Å². The van der Waals surface area contributed by atoms with Crippen LogP contribution in [0.5, 0.6) is 0 Å². The lowest BCUT2D eigenvalue weighted by Crippen LogP contribution is -2.25. The number of amides is 1. The summed E-state index contributed by atoms with van der Waals surface area (Å²) < 4.78 is 5.99. The van der Waals surface area contributed by atoms with Gasteiger partial charge < -0.3 is 14.8 Å². The number of furan rings is 1. The largest absolute Gasteiger partial charge is 0.478 e. The minimum absolute atomic E-state index is 0.0217. The molecule has 2 rings (SSSR count). The molecule has 2 aromatic rings. The lowest BCUT2D eigenvalue weighted by molar-refractivity contribution is 0.0694. The maximum absolute atomic E-state index is 11.9. The van der Waals surface area contributed by atoms with Gasteiger partial charge in [-0.25, -0.2) is 4.79 Å². The molecule has 0 fully saturated rings. The predicted molar refractivity (Wildman–Crippen MR) is 80.4 cm³/mol. The van der Waals surface area contributed by atoms with Gasteiger partial charge in [0.2, 0.25) is 0 Å². The molecule has 112 valence electrons. The highest BCUT2D eigenvalue weighted by molar-refractivity contribution is 7.16. The number of rotatable bonds is 6. The molecule has 1 amide bonds. The van der Waals surface area contributed by atoms with Crippen LogP contribution in [-0.4, -0.2) is 23.5 Å². The van der Waals surface area contributed by atoms with Crippen LogP contribution in [0, 0.1) is 0 Å². The van der Waals surface area contributed by atoms with Crippen molar-refractivity contribution in [2.45, 2.75) is 19.8 Å². The summed E-state index contributed by atoms with van der Waals surface area (Å²) in [5.41, 5.74) is 0.0349. The third-order valence-corrected chi connectivity index (χ3v) is 4.16. The number of nitrogens with one attached hydrogen (secondary N) is 1. The van der Waals surface area contributed by atoms with Crippen molar-refractivity contribution in [3.8, 4) is 0 Å². The summed E-state index contributed by atoms with van der Waals surface area (Å²) in [6.07, 6.45) is 1.08. The minimum atomic E-state index is -1.09. The zero-order valence-electron chi connectivity index (χ0n) is 11.3. The van der Waals surface area contributed by atoms with Crippen molar-refractivity contribution in [2.75, 3.05) is 6.54 Å².